The van der Waals surface area contributed by atoms with Crippen molar-refractivity contribution < 1.29 is 0 Å². The van der Waals surface area contributed by atoms with Crippen molar-refractivity contribution in [2.45, 2.75) is 6.42 Å². The lowest BCUT2D eigenvalue weighted by Gasteiger charge is -1.97. The maximum Gasteiger partial charge on any atom is 0.101 e. The Labute approximate surface area is 64.7 Å². The molecule has 0 saturated carbocycles. The van der Waals surface area contributed by atoms with E-state index in [-0.39, 0.29) is 0 Å². The number of hydrogen-bond donors (Lipinski definition) is 1. The van der Waals surface area contributed by atoms with Crippen LogP contribution in [-0.2, 0) is 6.42 Å². The molecule has 0 saturated heterocycles. The molecule has 0 spiro atoms. The van der Waals surface area contributed by atoms with E-state index >= 15 is 0 Å². The van der Waals surface area contributed by atoms with Crippen LogP contribution >= 0.6 is 0 Å². The molecule has 3 nitrogen and oxygen atoms in total. The minimum Gasteiger partial charge on any atom is -0.383 e. The molecule has 0 radical (unpaired) electrons. The molecule has 2 rings (SSSR count). The lowest BCUT2D eigenvalue weighted by Crippen LogP contribution is -1.90. The van der Waals surface area contributed by atoms with Crippen LogP contribution in [-0.4, -0.2) is 11.5 Å². The Balaban J connectivity index is 2.61. The fourth-order valence-electron chi connectivity index (χ4n) is 1.33. The van der Waals surface area contributed by atoms with Crippen LogP contribution in [0.1, 0.15) is 11.1 Å². The SMILES string of the molecule is N#Cc1cncc2c1CCN2. The lowest BCUT2D eigenvalue weighted by atomic mass is 10.1. The highest BCUT2D eigenvalue weighted by molar-refractivity contribution is 5.59. The Kier molecular flexibility index (Phi) is 1.26. The molecule has 2 heterocycles. The quantitative estimate of drug-likeness (QED) is 0.590. The first kappa shape index (κ1) is 6.17. The predicted molar refractivity (Wildman–Crippen MR) is 41.1 cm³/mol. The molecule has 0 atom stereocenters. The van der Waals surface area contributed by atoms with Crippen molar-refractivity contribution in [1.29, 1.82) is 5.26 Å². The molecule has 3 heteroatoms. The number of nitrogens with zero attached hydrogens (tertiary/aromatic N) is 2. The molecule has 0 aliphatic carbocycles. The normalized spacial score (nSPS) is 13.4. The molecule has 0 unspecified atom stereocenters. The molecular weight excluding hydrogens is 138 g/mol. The molecule has 1 aliphatic rings. The summed E-state index contributed by atoms with van der Waals surface area (Å²) in [4.78, 5) is 3.94. The third-order valence-electron chi connectivity index (χ3n) is 1.87. The molecular formula is C8H7N3. The highest BCUT2D eigenvalue weighted by Crippen LogP contribution is 2.23. The first-order valence-corrected chi connectivity index (χ1v) is 3.52. The second-order valence-electron chi connectivity index (χ2n) is 2.50. The maximum atomic E-state index is 8.68. The van der Waals surface area contributed by atoms with E-state index in [1.165, 1.54) is 0 Å². The largest absolute Gasteiger partial charge is 0.383 e. The number of pyridine rings is 1. The topological polar surface area (TPSA) is 48.7 Å². The fourth-order valence-corrected chi connectivity index (χ4v) is 1.33. The van der Waals surface area contributed by atoms with E-state index in [0.717, 1.165) is 24.2 Å². The zero-order valence-corrected chi connectivity index (χ0v) is 5.96. The summed E-state index contributed by atoms with van der Waals surface area (Å²) in [7, 11) is 0. The van der Waals surface area contributed by atoms with Crippen molar-refractivity contribution >= 4 is 5.69 Å². The van der Waals surface area contributed by atoms with Gasteiger partial charge in [0, 0.05) is 12.7 Å². The molecule has 0 fully saturated rings. The van der Waals surface area contributed by atoms with E-state index in [2.05, 4.69) is 16.4 Å². The van der Waals surface area contributed by atoms with E-state index in [9.17, 15) is 0 Å². The Bertz CT molecular complexity index is 325. The summed E-state index contributed by atoms with van der Waals surface area (Å²) in [5.41, 5.74) is 2.83. The number of aromatic nitrogens is 1. The van der Waals surface area contributed by atoms with Crippen molar-refractivity contribution in [3.05, 3.63) is 23.5 Å². The van der Waals surface area contributed by atoms with Gasteiger partial charge in [0.25, 0.3) is 0 Å². The van der Waals surface area contributed by atoms with Crippen molar-refractivity contribution in [2.24, 2.45) is 0 Å². The summed E-state index contributed by atoms with van der Waals surface area (Å²) >= 11 is 0. The fraction of sp³-hybridized carbons (Fsp3) is 0.250. The summed E-state index contributed by atoms with van der Waals surface area (Å²) in [5, 5.41) is 11.8. The van der Waals surface area contributed by atoms with E-state index < -0.39 is 0 Å². The van der Waals surface area contributed by atoms with Gasteiger partial charge in [0.15, 0.2) is 0 Å². The van der Waals surface area contributed by atoms with Crippen LogP contribution in [0.4, 0.5) is 5.69 Å². The monoisotopic (exact) mass is 145 g/mol. The van der Waals surface area contributed by atoms with Gasteiger partial charge in [-0.3, -0.25) is 4.98 Å². The average Bonchev–Trinajstić information content (AvgIpc) is 2.50. The minimum absolute atomic E-state index is 0.701. The maximum absolute atomic E-state index is 8.68. The summed E-state index contributed by atoms with van der Waals surface area (Å²) < 4.78 is 0. The van der Waals surface area contributed by atoms with Gasteiger partial charge < -0.3 is 5.32 Å². The van der Waals surface area contributed by atoms with Crippen molar-refractivity contribution in [1.82, 2.24) is 4.98 Å². The smallest absolute Gasteiger partial charge is 0.101 e. The van der Waals surface area contributed by atoms with Gasteiger partial charge >= 0.3 is 0 Å². The van der Waals surface area contributed by atoms with Gasteiger partial charge in [-0.25, -0.2) is 0 Å². The Morgan fingerprint density at radius 2 is 2.45 bits per heavy atom. The van der Waals surface area contributed by atoms with Gasteiger partial charge in [-0.15, -0.1) is 0 Å². The van der Waals surface area contributed by atoms with E-state index in [0.29, 0.717) is 5.56 Å². The van der Waals surface area contributed by atoms with Gasteiger partial charge in [-0.1, -0.05) is 0 Å². The van der Waals surface area contributed by atoms with E-state index in [1.807, 2.05) is 0 Å². The first-order valence-electron chi connectivity index (χ1n) is 3.52. The summed E-state index contributed by atoms with van der Waals surface area (Å²) in [6.45, 7) is 0.926. The standard InChI is InChI=1S/C8H7N3/c9-3-6-4-10-5-8-7(6)1-2-11-8/h4-5,11H,1-2H2. The number of nitrogens with one attached hydrogen (secondary N) is 1. The van der Waals surface area contributed by atoms with E-state index in [4.69, 9.17) is 5.26 Å². The third-order valence-corrected chi connectivity index (χ3v) is 1.87. The van der Waals surface area contributed by atoms with Crippen LogP contribution in [0.2, 0.25) is 0 Å². The predicted octanol–water partition coefficient (Wildman–Crippen LogP) is 0.921. The Morgan fingerprint density at radius 3 is 3.27 bits per heavy atom. The summed E-state index contributed by atoms with van der Waals surface area (Å²) in [6, 6.07) is 2.12. The Hall–Kier alpha value is -1.56. The van der Waals surface area contributed by atoms with Crippen molar-refractivity contribution in [2.75, 3.05) is 11.9 Å². The number of rotatable bonds is 0. The number of hydrogen-bond acceptors (Lipinski definition) is 3. The number of anilines is 1. The van der Waals surface area contributed by atoms with Crippen LogP contribution in [0.3, 0.4) is 0 Å². The molecule has 0 aromatic carbocycles. The minimum atomic E-state index is 0.701. The summed E-state index contributed by atoms with van der Waals surface area (Å²) in [5.74, 6) is 0. The highest BCUT2D eigenvalue weighted by atomic mass is 14.9. The van der Waals surface area contributed by atoms with Gasteiger partial charge in [-0.2, -0.15) is 5.26 Å². The molecule has 1 N–H and O–H groups in total. The molecule has 54 valence electrons. The van der Waals surface area contributed by atoms with Crippen LogP contribution in [0.25, 0.3) is 0 Å². The van der Waals surface area contributed by atoms with Gasteiger partial charge in [-0.05, 0) is 12.0 Å². The zero-order chi connectivity index (χ0) is 7.68. The lowest BCUT2D eigenvalue weighted by molar-refractivity contribution is 1.10. The molecule has 1 aromatic heterocycles. The highest BCUT2D eigenvalue weighted by Gasteiger charge is 2.13. The first-order chi connectivity index (χ1) is 5.42. The second kappa shape index (κ2) is 2.24. The van der Waals surface area contributed by atoms with Crippen LogP contribution in [0.15, 0.2) is 12.4 Å². The molecule has 1 aromatic rings. The van der Waals surface area contributed by atoms with Gasteiger partial charge in [0.2, 0.25) is 0 Å². The number of nitriles is 1. The number of fused-ring (bicyclic) bond motifs is 1. The zero-order valence-electron chi connectivity index (χ0n) is 5.96. The third kappa shape index (κ3) is 0.838. The average molecular weight is 145 g/mol. The van der Waals surface area contributed by atoms with E-state index in [1.54, 1.807) is 12.4 Å². The van der Waals surface area contributed by atoms with Gasteiger partial charge in [0.1, 0.15) is 6.07 Å². The molecule has 0 amide bonds. The van der Waals surface area contributed by atoms with Crippen LogP contribution in [0, 0.1) is 11.3 Å². The molecule has 11 heavy (non-hydrogen) atoms. The molecule has 0 bridgehead atoms. The van der Waals surface area contributed by atoms with Crippen LogP contribution < -0.4 is 5.32 Å². The molecule has 1 aliphatic heterocycles. The van der Waals surface area contributed by atoms with Crippen LogP contribution in [0.5, 0.6) is 0 Å². The van der Waals surface area contributed by atoms with Crippen molar-refractivity contribution in [3.63, 3.8) is 0 Å². The van der Waals surface area contributed by atoms with Crippen molar-refractivity contribution in [3.8, 4) is 6.07 Å². The second-order valence-corrected chi connectivity index (χ2v) is 2.50. The Morgan fingerprint density at radius 1 is 1.55 bits per heavy atom. The van der Waals surface area contributed by atoms with Gasteiger partial charge in [0.05, 0.1) is 17.4 Å². The summed E-state index contributed by atoms with van der Waals surface area (Å²) in [6.07, 6.45) is 4.33.